The van der Waals surface area contributed by atoms with E-state index in [1.165, 1.54) is 7.11 Å². The van der Waals surface area contributed by atoms with Gasteiger partial charge in [0.2, 0.25) is 5.95 Å². The maximum Gasteiger partial charge on any atom is 0.324 e. The van der Waals surface area contributed by atoms with Crippen LogP contribution in [0.4, 0.5) is 5.95 Å². The van der Waals surface area contributed by atoms with Crippen molar-refractivity contribution in [3.05, 3.63) is 0 Å². The zero-order valence-electron chi connectivity index (χ0n) is 8.14. The molecule has 0 spiro atoms. The molecule has 0 saturated carbocycles. The third-order valence-electron chi connectivity index (χ3n) is 1.79. The second-order valence-electron chi connectivity index (χ2n) is 2.85. The molecule has 0 aromatic carbocycles. The Morgan fingerprint density at radius 2 is 2.07 bits per heavy atom. The van der Waals surface area contributed by atoms with Crippen LogP contribution in [0.2, 0.25) is 0 Å². The van der Waals surface area contributed by atoms with Gasteiger partial charge >= 0.3 is 12.0 Å². The van der Waals surface area contributed by atoms with Crippen molar-refractivity contribution >= 4 is 5.95 Å². The van der Waals surface area contributed by atoms with Crippen molar-refractivity contribution in [1.29, 1.82) is 0 Å². The number of nitrogens with two attached hydrogens (primary N) is 1. The SMILES string of the molecule is COc1nc(NN)nc(OC2COC2)n1. The number of rotatable bonds is 4. The molecule has 1 aromatic rings. The zero-order chi connectivity index (χ0) is 10.7. The van der Waals surface area contributed by atoms with Gasteiger partial charge < -0.3 is 14.2 Å². The summed E-state index contributed by atoms with van der Waals surface area (Å²) in [5.41, 5.74) is 2.30. The number of nitrogens with one attached hydrogen (secondary N) is 1. The van der Waals surface area contributed by atoms with Crippen LogP contribution in [0.15, 0.2) is 0 Å². The first-order valence-corrected chi connectivity index (χ1v) is 4.33. The lowest BCUT2D eigenvalue weighted by atomic mass is 10.3. The minimum atomic E-state index is -0.0114. The number of anilines is 1. The second-order valence-corrected chi connectivity index (χ2v) is 2.85. The summed E-state index contributed by atoms with van der Waals surface area (Å²) in [6.45, 7) is 1.08. The monoisotopic (exact) mass is 213 g/mol. The highest BCUT2D eigenvalue weighted by atomic mass is 16.6. The summed E-state index contributed by atoms with van der Waals surface area (Å²) in [6, 6.07) is 0.316. The van der Waals surface area contributed by atoms with Crippen molar-refractivity contribution in [1.82, 2.24) is 15.0 Å². The Morgan fingerprint density at radius 1 is 1.33 bits per heavy atom. The minimum absolute atomic E-state index is 0.0114. The number of hydrazine groups is 1. The molecule has 1 fully saturated rings. The third kappa shape index (κ3) is 2.22. The number of ether oxygens (including phenoxy) is 3. The Labute approximate surface area is 85.7 Å². The van der Waals surface area contributed by atoms with Gasteiger partial charge in [-0.1, -0.05) is 0 Å². The van der Waals surface area contributed by atoms with Crippen LogP contribution in [-0.4, -0.2) is 41.4 Å². The Kier molecular flexibility index (Phi) is 2.79. The van der Waals surface area contributed by atoms with Crippen LogP contribution in [0.1, 0.15) is 0 Å². The quantitative estimate of drug-likeness (QED) is 0.482. The van der Waals surface area contributed by atoms with E-state index >= 15 is 0 Å². The summed E-state index contributed by atoms with van der Waals surface area (Å²) in [7, 11) is 1.45. The van der Waals surface area contributed by atoms with E-state index in [1.807, 2.05) is 0 Å². The van der Waals surface area contributed by atoms with E-state index in [2.05, 4.69) is 20.4 Å². The fourth-order valence-corrected chi connectivity index (χ4v) is 0.978. The van der Waals surface area contributed by atoms with Gasteiger partial charge in [0.15, 0.2) is 0 Å². The van der Waals surface area contributed by atoms with Crippen LogP contribution in [0, 0.1) is 0 Å². The number of methoxy groups -OCH3 is 1. The van der Waals surface area contributed by atoms with Crippen LogP contribution >= 0.6 is 0 Å². The summed E-state index contributed by atoms with van der Waals surface area (Å²) in [4.78, 5) is 11.6. The standard InChI is InChI=1S/C7H11N5O3/c1-13-6-9-5(12-8)10-7(11-6)15-4-2-14-3-4/h4H,2-3,8H2,1H3,(H,9,10,11,12). The summed E-state index contributed by atoms with van der Waals surface area (Å²) < 4.78 is 15.2. The first kappa shape index (κ1) is 9.87. The molecule has 2 rings (SSSR count). The molecule has 0 amide bonds. The van der Waals surface area contributed by atoms with Crippen molar-refractivity contribution in [2.24, 2.45) is 5.84 Å². The van der Waals surface area contributed by atoms with E-state index < -0.39 is 0 Å². The number of hydrogen-bond donors (Lipinski definition) is 2. The predicted octanol–water partition coefficient (Wildman–Crippen LogP) is -1.06. The predicted molar refractivity (Wildman–Crippen MR) is 49.4 cm³/mol. The average molecular weight is 213 g/mol. The molecular formula is C7H11N5O3. The number of nitrogen functional groups attached to an aromatic ring is 1. The first-order chi connectivity index (χ1) is 7.31. The van der Waals surface area contributed by atoms with Gasteiger partial charge in [0, 0.05) is 0 Å². The van der Waals surface area contributed by atoms with Gasteiger partial charge in [-0.15, -0.1) is 4.98 Å². The molecule has 8 nitrogen and oxygen atoms in total. The molecule has 0 aliphatic carbocycles. The normalized spacial score (nSPS) is 15.6. The lowest BCUT2D eigenvalue weighted by Crippen LogP contribution is -2.39. The van der Waals surface area contributed by atoms with Crippen molar-refractivity contribution in [2.45, 2.75) is 6.10 Å². The molecule has 0 atom stereocenters. The van der Waals surface area contributed by atoms with Crippen molar-refractivity contribution in [3.63, 3.8) is 0 Å². The van der Waals surface area contributed by atoms with Gasteiger partial charge in [-0.3, -0.25) is 5.43 Å². The van der Waals surface area contributed by atoms with Crippen LogP contribution in [0.25, 0.3) is 0 Å². The lowest BCUT2D eigenvalue weighted by molar-refractivity contribution is -0.0833. The topological polar surface area (TPSA) is 104 Å². The Balaban J connectivity index is 2.13. The van der Waals surface area contributed by atoms with E-state index in [1.54, 1.807) is 0 Å². The molecule has 0 unspecified atom stereocenters. The molecular weight excluding hydrogens is 202 g/mol. The molecule has 1 aliphatic rings. The van der Waals surface area contributed by atoms with Crippen LogP contribution in [0.5, 0.6) is 12.0 Å². The smallest absolute Gasteiger partial charge is 0.324 e. The fourth-order valence-electron chi connectivity index (χ4n) is 0.978. The minimum Gasteiger partial charge on any atom is -0.467 e. The van der Waals surface area contributed by atoms with Gasteiger partial charge in [0.1, 0.15) is 6.10 Å². The zero-order valence-corrected chi connectivity index (χ0v) is 8.14. The van der Waals surface area contributed by atoms with E-state index in [9.17, 15) is 0 Å². The molecule has 15 heavy (non-hydrogen) atoms. The third-order valence-corrected chi connectivity index (χ3v) is 1.79. The number of aromatic nitrogens is 3. The maximum atomic E-state index is 5.37. The van der Waals surface area contributed by atoms with E-state index in [-0.39, 0.29) is 24.1 Å². The van der Waals surface area contributed by atoms with E-state index in [4.69, 9.17) is 20.1 Å². The molecule has 1 saturated heterocycles. The van der Waals surface area contributed by atoms with Crippen LogP contribution in [0.3, 0.4) is 0 Å². The Hall–Kier alpha value is -1.67. The largest absolute Gasteiger partial charge is 0.467 e. The number of hydrogen-bond acceptors (Lipinski definition) is 8. The lowest BCUT2D eigenvalue weighted by Gasteiger charge is -2.25. The fraction of sp³-hybridized carbons (Fsp3) is 0.571. The molecule has 1 aliphatic heterocycles. The molecule has 3 N–H and O–H groups in total. The van der Waals surface area contributed by atoms with Crippen molar-refractivity contribution in [3.8, 4) is 12.0 Å². The highest BCUT2D eigenvalue weighted by Crippen LogP contribution is 2.15. The van der Waals surface area contributed by atoms with E-state index in [0.717, 1.165) is 0 Å². The summed E-state index contributed by atoms with van der Waals surface area (Å²) >= 11 is 0. The molecule has 0 radical (unpaired) electrons. The van der Waals surface area contributed by atoms with Crippen LogP contribution in [-0.2, 0) is 4.74 Å². The molecule has 8 heteroatoms. The highest BCUT2D eigenvalue weighted by molar-refractivity contribution is 5.25. The number of nitrogens with zero attached hydrogens (tertiary/aromatic N) is 3. The van der Waals surface area contributed by atoms with Gasteiger partial charge in [0.05, 0.1) is 20.3 Å². The Morgan fingerprint density at radius 3 is 2.60 bits per heavy atom. The van der Waals surface area contributed by atoms with Gasteiger partial charge in [-0.25, -0.2) is 5.84 Å². The Bertz CT molecular complexity index is 321. The summed E-state index contributed by atoms with van der Waals surface area (Å²) in [5, 5.41) is 0. The average Bonchev–Trinajstić information content (AvgIpc) is 2.23. The van der Waals surface area contributed by atoms with E-state index in [0.29, 0.717) is 13.2 Å². The van der Waals surface area contributed by atoms with Gasteiger partial charge in [0.25, 0.3) is 0 Å². The molecule has 82 valence electrons. The molecule has 1 aromatic heterocycles. The maximum absolute atomic E-state index is 5.37. The summed E-state index contributed by atoms with van der Waals surface area (Å²) in [6.07, 6.45) is -0.0114. The molecule has 0 bridgehead atoms. The van der Waals surface area contributed by atoms with Crippen molar-refractivity contribution in [2.75, 3.05) is 25.7 Å². The van der Waals surface area contributed by atoms with Gasteiger partial charge in [-0.2, -0.15) is 9.97 Å². The highest BCUT2D eigenvalue weighted by Gasteiger charge is 2.22. The van der Waals surface area contributed by atoms with Crippen LogP contribution < -0.4 is 20.7 Å². The van der Waals surface area contributed by atoms with Gasteiger partial charge in [-0.05, 0) is 0 Å². The second kappa shape index (κ2) is 4.24. The molecule has 2 heterocycles. The first-order valence-electron chi connectivity index (χ1n) is 4.33. The van der Waals surface area contributed by atoms with Crippen molar-refractivity contribution < 1.29 is 14.2 Å². The summed E-state index contributed by atoms with van der Waals surface area (Å²) in [5.74, 6) is 5.37.